The third-order valence-electron chi connectivity index (χ3n) is 2.25. The molecule has 88 valence electrons. The Morgan fingerprint density at radius 1 is 1.47 bits per heavy atom. The number of esters is 1. The highest BCUT2D eigenvalue weighted by molar-refractivity contribution is 5.92. The molecule has 6 nitrogen and oxygen atoms in total. The SMILES string of the molecule is COC(=O)c1nn(-c2cncc(C)c2)cc1N. The average Bonchev–Trinajstić information content (AvgIpc) is 2.70. The number of ether oxygens (including phenoxy) is 1. The molecule has 0 aliphatic carbocycles. The van der Waals surface area contributed by atoms with Crippen LogP contribution in [-0.2, 0) is 4.74 Å². The summed E-state index contributed by atoms with van der Waals surface area (Å²) in [5, 5.41) is 4.07. The third kappa shape index (κ3) is 2.10. The highest BCUT2D eigenvalue weighted by atomic mass is 16.5. The Morgan fingerprint density at radius 2 is 2.24 bits per heavy atom. The van der Waals surface area contributed by atoms with Crippen LogP contribution in [0, 0.1) is 6.92 Å². The molecule has 0 saturated heterocycles. The third-order valence-corrected chi connectivity index (χ3v) is 2.25. The van der Waals surface area contributed by atoms with Crippen molar-refractivity contribution in [1.29, 1.82) is 0 Å². The van der Waals surface area contributed by atoms with Crippen LogP contribution < -0.4 is 5.73 Å². The van der Waals surface area contributed by atoms with Gasteiger partial charge in [0.2, 0.25) is 0 Å². The Hall–Kier alpha value is -2.37. The lowest BCUT2D eigenvalue weighted by atomic mass is 10.3. The van der Waals surface area contributed by atoms with Crippen molar-refractivity contribution in [3.8, 4) is 5.69 Å². The van der Waals surface area contributed by atoms with Crippen molar-refractivity contribution in [2.45, 2.75) is 6.92 Å². The van der Waals surface area contributed by atoms with Crippen LogP contribution in [0.1, 0.15) is 16.1 Å². The summed E-state index contributed by atoms with van der Waals surface area (Å²) >= 11 is 0. The number of hydrogen-bond donors (Lipinski definition) is 1. The molecule has 2 aromatic rings. The number of methoxy groups -OCH3 is 1. The molecule has 0 saturated carbocycles. The summed E-state index contributed by atoms with van der Waals surface area (Å²) in [7, 11) is 1.29. The van der Waals surface area contributed by atoms with Gasteiger partial charge >= 0.3 is 5.97 Å². The van der Waals surface area contributed by atoms with Gasteiger partial charge in [0.15, 0.2) is 5.69 Å². The summed E-state index contributed by atoms with van der Waals surface area (Å²) in [6, 6.07) is 1.89. The van der Waals surface area contributed by atoms with Gasteiger partial charge in [0, 0.05) is 6.20 Å². The Bertz CT molecular complexity index is 562. The molecule has 0 spiro atoms. The highest BCUT2D eigenvalue weighted by Crippen LogP contribution is 2.15. The second-order valence-corrected chi connectivity index (χ2v) is 3.59. The van der Waals surface area contributed by atoms with Crippen LogP contribution in [0.5, 0.6) is 0 Å². The Balaban J connectivity index is 2.44. The fourth-order valence-electron chi connectivity index (χ4n) is 1.44. The van der Waals surface area contributed by atoms with E-state index in [0.717, 1.165) is 11.3 Å². The maximum absolute atomic E-state index is 11.4. The first-order chi connectivity index (χ1) is 8.11. The summed E-state index contributed by atoms with van der Waals surface area (Å²) in [5.41, 5.74) is 7.81. The van der Waals surface area contributed by atoms with E-state index in [1.54, 1.807) is 18.6 Å². The molecule has 0 fully saturated rings. The van der Waals surface area contributed by atoms with Gasteiger partial charge < -0.3 is 10.5 Å². The van der Waals surface area contributed by atoms with Crippen LogP contribution in [0.3, 0.4) is 0 Å². The lowest BCUT2D eigenvalue weighted by Gasteiger charge is -2.00. The number of anilines is 1. The molecule has 0 radical (unpaired) electrons. The molecule has 0 bridgehead atoms. The number of nitrogens with zero attached hydrogens (tertiary/aromatic N) is 3. The maximum atomic E-state index is 11.4. The van der Waals surface area contributed by atoms with E-state index in [0.29, 0.717) is 0 Å². The molecule has 0 aliphatic heterocycles. The van der Waals surface area contributed by atoms with Crippen molar-refractivity contribution in [1.82, 2.24) is 14.8 Å². The molecule has 0 aromatic carbocycles. The Labute approximate surface area is 98.0 Å². The zero-order valence-electron chi connectivity index (χ0n) is 9.54. The van der Waals surface area contributed by atoms with Gasteiger partial charge in [-0.15, -0.1) is 0 Å². The minimum absolute atomic E-state index is 0.106. The number of aromatic nitrogens is 3. The number of nitrogen functional groups attached to an aromatic ring is 1. The van der Waals surface area contributed by atoms with Crippen molar-refractivity contribution in [3.63, 3.8) is 0 Å². The van der Waals surface area contributed by atoms with Crippen LogP contribution in [0.2, 0.25) is 0 Å². The van der Waals surface area contributed by atoms with Crippen LogP contribution >= 0.6 is 0 Å². The van der Waals surface area contributed by atoms with Crippen molar-refractivity contribution >= 4 is 11.7 Å². The first-order valence-corrected chi connectivity index (χ1v) is 4.97. The average molecular weight is 232 g/mol. The van der Waals surface area contributed by atoms with Crippen LogP contribution in [0.15, 0.2) is 24.7 Å². The summed E-state index contributed by atoms with van der Waals surface area (Å²) in [6.45, 7) is 1.92. The second-order valence-electron chi connectivity index (χ2n) is 3.59. The maximum Gasteiger partial charge on any atom is 0.360 e. The first kappa shape index (κ1) is 11.1. The number of carbonyl (C=O) groups is 1. The Kier molecular flexibility index (Phi) is 2.78. The molecule has 17 heavy (non-hydrogen) atoms. The zero-order valence-corrected chi connectivity index (χ0v) is 9.54. The van der Waals surface area contributed by atoms with Crippen molar-refractivity contribution in [3.05, 3.63) is 35.9 Å². The van der Waals surface area contributed by atoms with Crippen molar-refractivity contribution in [2.24, 2.45) is 0 Å². The summed E-state index contributed by atoms with van der Waals surface area (Å²) in [5.74, 6) is -0.554. The van der Waals surface area contributed by atoms with E-state index in [4.69, 9.17) is 5.73 Å². The normalized spacial score (nSPS) is 10.2. The van der Waals surface area contributed by atoms with Gasteiger partial charge in [0.1, 0.15) is 0 Å². The molecule has 0 amide bonds. The largest absolute Gasteiger partial charge is 0.464 e. The van der Waals surface area contributed by atoms with Crippen molar-refractivity contribution < 1.29 is 9.53 Å². The van der Waals surface area contributed by atoms with Gasteiger partial charge in [-0.2, -0.15) is 5.10 Å². The second kappa shape index (κ2) is 4.25. The van der Waals surface area contributed by atoms with Gasteiger partial charge in [-0.05, 0) is 18.6 Å². The van der Waals surface area contributed by atoms with Gasteiger partial charge in [-0.1, -0.05) is 0 Å². The molecular weight excluding hydrogens is 220 g/mol. The minimum atomic E-state index is -0.554. The van der Waals surface area contributed by atoms with E-state index >= 15 is 0 Å². The molecule has 2 heterocycles. The van der Waals surface area contributed by atoms with Gasteiger partial charge in [-0.3, -0.25) is 4.98 Å². The van der Waals surface area contributed by atoms with E-state index in [1.165, 1.54) is 11.8 Å². The molecule has 2 aromatic heterocycles. The summed E-state index contributed by atoms with van der Waals surface area (Å²) in [4.78, 5) is 15.4. The number of nitrogens with two attached hydrogens (primary N) is 1. The monoisotopic (exact) mass is 232 g/mol. The molecule has 6 heteroatoms. The predicted octanol–water partition coefficient (Wildman–Crippen LogP) is 0.945. The highest BCUT2D eigenvalue weighted by Gasteiger charge is 2.15. The lowest BCUT2D eigenvalue weighted by Crippen LogP contribution is -2.06. The quantitative estimate of drug-likeness (QED) is 0.779. The van der Waals surface area contributed by atoms with Crippen LogP contribution in [0.25, 0.3) is 5.69 Å². The minimum Gasteiger partial charge on any atom is -0.464 e. The fourth-order valence-corrected chi connectivity index (χ4v) is 1.44. The zero-order chi connectivity index (χ0) is 12.4. The topological polar surface area (TPSA) is 83.0 Å². The number of carbonyl (C=O) groups excluding carboxylic acids is 1. The standard InChI is InChI=1S/C11H12N4O2/c1-7-3-8(5-13-4-7)15-6-9(12)10(14-15)11(16)17-2/h3-6H,12H2,1-2H3. The van der Waals surface area contributed by atoms with E-state index in [1.807, 2.05) is 13.0 Å². The fraction of sp³-hybridized carbons (Fsp3) is 0.182. The number of rotatable bonds is 2. The summed E-state index contributed by atoms with van der Waals surface area (Å²) < 4.78 is 6.08. The number of hydrogen-bond acceptors (Lipinski definition) is 5. The molecular formula is C11H12N4O2. The molecule has 0 atom stereocenters. The van der Waals surface area contributed by atoms with E-state index in [-0.39, 0.29) is 11.4 Å². The number of aryl methyl sites for hydroxylation is 1. The first-order valence-electron chi connectivity index (χ1n) is 4.97. The smallest absolute Gasteiger partial charge is 0.360 e. The van der Waals surface area contributed by atoms with E-state index in [9.17, 15) is 4.79 Å². The Morgan fingerprint density at radius 3 is 2.88 bits per heavy atom. The predicted molar refractivity (Wildman–Crippen MR) is 61.8 cm³/mol. The van der Waals surface area contributed by atoms with E-state index < -0.39 is 5.97 Å². The van der Waals surface area contributed by atoms with Crippen LogP contribution in [-0.4, -0.2) is 27.8 Å². The number of pyridine rings is 1. The van der Waals surface area contributed by atoms with Crippen molar-refractivity contribution in [2.75, 3.05) is 12.8 Å². The van der Waals surface area contributed by atoms with E-state index in [2.05, 4.69) is 14.8 Å². The lowest BCUT2D eigenvalue weighted by molar-refractivity contribution is 0.0594. The molecule has 0 unspecified atom stereocenters. The molecule has 2 rings (SSSR count). The molecule has 2 N–H and O–H groups in total. The summed E-state index contributed by atoms with van der Waals surface area (Å²) in [6.07, 6.45) is 4.93. The van der Waals surface area contributed by atoms with Crippen LogP contribution in [0.4, 0.5) is 5.69 Å². The van der Waals surface area contributed by atoms with Gasteiger partial charge in [-0.25, -0.2) is 9.48 Å². The van der Waals surface area contributed by atoms with Gasteiger partial charge in [0.25, 0.3) is 0 Å². The molecule has 0 aliphatic rings. The van der Waals surface area contributed by atoms with Gasteiger partial charge in [0.05, 0.1) is 30.9 Å².